The average Bonchev–Trinajstić information content (AvgIpc) is 3.15. The van der Waals surface area contributed by atoms with Crippen LogP contribution >= 0.6 is 22.9 Å². The molecule has 0 bridgehead atoms. The highest BCUT2D eigenvalue weighted by Gasteiger charge is 2.14. The monoisotopic (exact) mass is 397 g/mol. The van der Waals surface area contributed by atoms with Crippen molar-refractivity contribution in [2.75, 3.05) is 5.32 Å². The third-order valence-corrected chi connectivity index (χ3v) is 4.85. The molecule has 134 valence electrons. The van der Waals surface area contributed by atoms with Gasteiger partial charge in [0.05, 0.1) is 5.02 Å². The fourth-order valence-corrected chi connectivity index (χ4v) is 3.29. The quantitative estimate of drug-likeness (QED) is 0.552. The number of thiazole rings is 1. The van der Waals surface area contributed by atoms with E-state index in [0.717, 1.165) is 0 Å². The normalized spacial score (nSPS) is 10.7. The van der Waals surface area contributed by atoms with Crippen molar-refractivity contribution in [3.8, 4) is 11.5 Å². The van der Waals surface area contributed by atoms with Crippen LogP contribution in [0.3, 0.4) is 0 Å². The molecule has 1 N–H and O–H groups in total. The number of nitrogens with zero attached hydrogens (tertiary/aromatic N) is 2. The lowest BCUT2D eigenvalue weighted by atomic mass is 10.2. The minimum atomic E-state index is -0.520. The number of carbonyl (C=O) groups is 1. The van der Waals surface area contributed by atoms with Gasteiger partial charge in [-0.1, -0.05) is 23.7 Å². The van der Waals surface area contributed by atoms with Crippen LogP contribution in [0.1, 0.15) is 10.4 Å². The van der Waals surface area contributed by atoms with Gasteiger partial charge in [-0.15, -0.1) is 11.3 Å². The van der Waals surface area contributed by atoms with Crippen molar-refractivity contribution >= 4 is 39.5 Å². The number of hydrogen-bond acceptors (Lipinski definition) is 5. The molecule has 0 saturated carbocycles. The predicted octanol–water partition coefficient (Wildman–Crippen LogP) is 4.45. The number of rotatable bonds is 4. The first-order valence-electron chi connectivity index (χ1n) is 7.90. The predicted molar refractivity (Wildman–Crippen MR) is 105 cm³/mol. The van der Waals surface area contributed by atoms with Gasteiger partial charge in [0.15, 0.2) is 4.96 Å². The van der Waals surface area contributed by atoms with E-state index in [1.54, 1.807) is 48.0 Å². The third-order valence-electron chi connectivity index (χ3n) is 3.76. The summed E-state index contributed by atoms with van der Waals surface area (Å²) in [5.74, 6) is 0.592. The van der Waals surface area contributed by atoms with E-state index >= 15 is 0 Å². The Morgan fingerprint density at radius 3 is 2.70 bits per heavy atom. The van der Waals surface area contributed by atoms with Crippen molar-refractivity contribution < 1.29 is 9.53 Å². The van der Waals surface area contributed by atoms with E-state index in [9.17, 15) is 9.59 Å². The molecule has 27 heavy (non-hydrogen) atoms. The van der Waals surface area contributed by atoms with Crippen LogP contribution in [0.25, 0.3) is 4.96 Å². The Bertz CT molecular complexity index is 1180. The second-order valence-electron chi connectivity index (χ2n) is 5.54. The minimum Gasteiger partial charge on any atom is -0.456 e. The van der Waals surface area contributed by atoms with E-state index in [1.165, 1.54) is 21.9 Å². The van der Waals surface area contributed by atoms with E-state index < -0.39 is 11.5 Å². The van der Waals surface area contributed by atoms with Gasteiger partial charge in [-0.05, 0) is 36.4 Å². The molecule has 0 unspecified atom stereocenters. The number of amides is 1. The second kappa shape index (κ2) is 7.22. The van der Waals surface area contributed by atoms with E-state index in [2.05, 4.69) is 10.3 Å². The lowest BCUT2D eigenvalue weighted by Gasteiger charge is -2.09. The van der Waals surface area contributed by atoms with Crippen molar-refractivity contribution in [1.29, 1.82) is 0 Å². The number of fused-ring (bicyclic) bond motifs is 1. The highest BCUT2D eigenvalue weighted by Crippen LogP contribution is 2.29. The zero-order valence-corrected chi connectivity index (χ0v) is 15.3. The summed E-state index contributed by atoms with van der Waals surface area (Å²) in [5.41, 5.74) is 0.0982. The van der Waals surface area contributed by atoms with Crippen molar-refractivity contribution in [1.82, 2.24) is 9.38 Å². The number of hydrogen-bond donors (Lipinski definition) is 1. The van der Waals surface area contributed by atoms with Gasteiger partial charge in [0.2, 0.25) is 0 Å². The molecular formula is C19H12ClN3O3S. The minimum absolute atomic E-state index is 0.0257. The highest BCUT2D eigenvalue weighted by atomic mass is 35.5. The summed E-state index contributed by atoms with van der Waals surface area (Å²) >= 11 is 7.40. The molecule has 0 aliphatic carbocycles. The van der Waals surface area contributed by atoms with Gasteiger partial charge in [0.25, 0.3) is 11.5 Å². The molecule has 2 heterocycles. The fourth-order valence-electron chi connectivity index (χ4n) is 2.44. The van der Waals surface area contributed by atoms with Gasteiger partial charge >= 0.3 is 0 Å². The largest absolute Gasteiger partial charge is 0.456 e. The summed E-state index contributed by atoms with van der Waals surface area (Å²) in [5, 5.41) is 4.93. The number of benzene rings is 2. The molecule has 8 heteroatoms. The summed E-state index contributed by atoms with van der Waals surface area (Å²) < 4.78 is 7.05. The SMILES string of the molecule is O=C(Nc1ccc(Oc2ccccc2Cl)cc1)c1cnc2sccn2c1=O. The van der Waals surface area contributed by atoms with Crippen molar-refractivity contribution in [3.63, 3.8) is 0 Å². The van der Waals surface area contributed by atoms with Crippen LogP contribution in [0, 0.1) is 0 Å². The van der Waals surface area contributed by atoms with Crippen LogP contribution < -0.4 is 15.6 Å². The van der Waals surface area contributed by atoms with Gasteiger partial charge < -0.3 is 10.1 Å². The van der Waals surface area contributed by atoms with Gasteiger partial charge in [-0.25, -0.2) is 4.98 Å². The Morgan fingerprint density at radius 1 is 1.15 bits per heavy atom. The standard InChI is InChI=1S/C19H12ClN3O3S/c20-15-3-1-2-4-16(15)26-13-7-5-12(6-8-13)22-17(24)14-11-21-19-23(18(14)25)9-10-27-19/h1-11H,(H,22,24). The van der Waals surface area contributed by atoms with Crippen LogP contribution in [0.4, 0.5) is 5.69 Å². The number of carbonyl (C=O) groups excluding carboxylic acids is 1. The van der Waals surface area contributed by atoms with E-state index in [4.69, 9.17) is 16.3 Å². The van der Waals surface area contributed by atoms with Gasteiger partial charge in [0, 0.05) is 23.5 Å². The summed E-state index contributed by atoms with van der Waals surface area (Å²) in [6.07, 6.45) is 2.88. The Balaban J connectivity index is 1.51. The van der Waals surface area contributed by atoms with Gasteiger partial charge in [-0.2, -0.15) is 0 Å². The van der Waals surface area contributed by atoms with Gasteiger partial charge in [0.1, 0.15) is 17.1 Å². The molecule has 0 atom stereocenters. The summed E-state index contributed by atoms with van der Waals surface area (Å²) in [6.45, 7) is 0. The number of ether oxygens (including phenoxy) is 1. The Kier molecular flexibility index (Phi) is 4.62. The lowest BCUT2D eigenvalue weighted by Crippen LogP contribution is -2.25. The summed E-state index contributed by atoms with van der Waals surface area (Å²) in [6, 6.07) is 13.9. The Morgan fingerprint density at radius 2 is 1.93 bits per heavy atom. The second-order valence-corrected chi connectivity index (χ2v) is 6.82. The van der Waals surface area contributed by atoms with Crippen molar-refractivity contribution in [2.24, 2.45) is 0 Å². The molecule has 2 aromatic carbocycles. The first kappa shape index (κ1) is 17.3. The maximum atomic E-state index is 12.4. The first-order valence-corrected chi connectivity index (χ1v) is 9.16. The number of nitrogens with one attached hydrogen (secondary N) is 1. The number of para-hydroxylation sites is 1. The molecule has 2 aromatic heterocycles. The smallest absolute Gasteiger partial charge is 0.271 e. The highest BCUT2D eigenvalue weighted by molar-refractivity contribution is 7.15. The number of halogens is 1. The molecule has 6 nitrogen and oxygen atoms in total. The molecule has 1 amide bonds. The average molecular weight is 398 g/mol. The number of aromatic nitrogens is 2. The van der Waals surface area contributed by atoms with E-state index in [0.29, 0.717) is 27.2 Å². The molecule has 4 aromatic rings. The van der Waals surface area contributed by atoms with Crippen molar-refractivity contribution in [3.05, 3.63) is 87.2 Å². The maximum absolute atomic E-state index is 12.4. The molecule has 0 aliphatic heterocycles. The molecule has 0 fully saturated rings. The fraction of sp³-hybridized carbons (Fsp3) is 0. The topological polar surface area (TPSA) is 72.7 Å². The van der Waals surface area contributed by atoms with Crippen LogP contribution in [0.2, 0.25) is 5.02 Å². The number of anilines is 1. The summed E-state index contributed by atoms with van der Waals surface area (Å²) in [4.78, 5) is 29.4. The van der Waals surface area contributed by atoms with Crippen LogP contribution in [-0.2, 0) is 0 Å². The molecular weight excluding hydrogens is 386 g/mol. The zero-order chi connectivity index (χ0) is 18.8. The van der Waals surface area contributed by atoms with Crippen LogP contribution in [0.15, 0.2) is 71.1 Å². The summed E-state index contributed by atoms with van der Waals surface area (Å²) in [7, 11) is 0. The lowest BCUT2D eigenvalue weighted by molar-refractivity contribution is 0.102. The Labute approximate surface area is 162 Å². The van der Waals surface area contributed by atoms with E-state index in [1.807, 2.05) is 12.1 Å². The molecule has 0 saturated heterocycles. The zero-order valence-electron chi connectivity index (χ0n) is 13.8. The maximum Gasteiger partial charge on any atom is 0.271 e. The molecule has 4 rings (SSSR count). The van der Waals surface area contributed by atoms with Gasteiger partial charge in [-0.3, -0.25) is 14.0 Å². The molecule has 0 spiro atoms. The Hall–Kier alpha value is -3.16. The van der Waals surface area contributed by atoms with E-state index in [-0.39, 0.29) is 5.56 Å². The van der Waals surface area contributed by atoms with Crippen molar-refractivity contribution in [2.45, 2.75) is 0 Å². The van der Waals surface area contributed by atoms with Crippen LogP contribution in [0.5, 0.6) is 11.5 Å². The molecule has 0 aliphatic rings. The van der Waals surface area contributed by atoms with Crippen LogP contribution in [-0.4, -0.2) is 15.3 Å². The first-order chi connectivity index (χ1) is 13.1. The molecule has 0 radical (unpaired) electrons. The third kappa shape index (κ3) is 3.55.